The van der Waals surface area contributed by atoms with E-state index in [1.165, 1.54) is 13.8 Å². The summed E-state index contributed by atoms with van der Waals surface area (Å²) in [5.74, 6) is 0. The summed E-state index contributed by atoms with van der Waals surface area (Å²) in [6.45, 7) is 10.1. The van der Waals surface area contributed by atoms with E-state index in [0.29, 0.717) is 11.1 Å². The summed E-state index contributed by atoms with van der Waals surface area (Å²) in [4.78, 5) is 39.5. The normalized spacial score (nSPS) is 12.9. The average Bonchev–Trinajstić information content (AvgIpc) is 2.41. The highest BCUT2D eigenvalue weighted by Crippen LogP contribution is 2.46. The molecule has 0 atom stereocenters. The van der Waals surface area contributed by atoms with Crippen LogP contribution in [0.1, 0.15) is 33.4 Å². The van der Waals surface area contributed by atoms with Crippen molar-refractivity contribution in [2.75, 3.05) is 0 Å². The molecular weight excluding hydrogens is 350 g/mol. The van der Waals surface area contributed by atoms with Crippen LogP contribution in [0.15, 0.2) is 0 Å². The van der Waals surface area contributed by atoms with Gasteiger partial charge in [0.15, 0.2) is 0 Å². The van der Waals surface area contributed by atoms with E-state index in [0.717, 1.165) is 11.1 Å². The van der Waals surface area contributed by atoms with Gasteiger partial charge in [-0.25, -0.2) is 0 Å². The second kappa shape index (κ2) is 5.77. The van der Waals surface area contributed by atoms with Gasteiger partial charge < -0.3 is 19.6 Å². The molecule has 24 heavy (non-hydrogen) atoms. The standard InChI is InChI=1S/C16H22O6P2/c1-7-8(2)10(4)14-13(9(7)3)15(23(17,18)19)11(5)12(6)16(14)24(20,21)22/h1-6H3,(H2,17,18,19)(H2,20,21,22). The van der Waals surface area contributed by atoms with Crippen molar-refractivity contribution in [1.82, 2.24) is 0 Å². The molecule has 2 rings (SSSR count). The Labute approximate surface area is 140 Å². The van der Waals surface area contributed by atoms with E-state index in [9.17, 15) is 28.7 Å². The summed E-state index contributed by atoms with van der Waals surface area (Å²) >= 11 is 0. The summed E-state index contributed by atoms with van der Waals surface area (Å²) in [6.07, 6.45) is 0. The Bertz CT molecular complexity index is 887. The van der Waals surface area contributed by atoms with E-state index >= 15 is 0 Å². The molecule has 0 aliphatic carbocycles. The number of aryl methyl sites for hydroxylation is 2. The first-order valence-corrected chi connectivity index (χ1v) is 10.6. The molecule has 0 heterocycles. The van der Waals surface area contributed by atoms with E-state index in [1.807, 2.05) is 13.8 Å². The molecular formula is C16H22O6P2. The zero-order valence-electron chi connectivity index (χ0n) is 14.5. The van der Waals surface area contributed by atoms with Gasteiger partial charge in [0.1, 0.15) is 0 Å². The molecule has 8 heteroatoms. The molecule has 0 radical (unpaired) electrons. The first-order valence-electron chi connectivity index (χ1n) is 7.36. The van der Waals surface area contributed by atoms with Crippen LogP contribution in [-0.4, -0.2) is 19.6 Å². The van der Waals surface area contributed by atoms with Crippen LogP contribution < -0.4 is 10.6 Å². The Balaban J connectivity index is 3.41. The lowest BCUT2D eigenvalue weighted by atomic mass is 9.89. The second-order valence-electron chi connectivity index (χ2n) is 6.29. The van der Waals surface area contributed by atoms with Gasteiger partial charge in [-0.2, -0.15) is 0 Å². The summed E-state index contributed by atoms with van der Waals surface area (Å²) in [6, 6.07) is 0. The third kappa shape index (κ3) is 2.78. The lowest BCUT2D eigenvalue weighted by molar-refractivity contribution is 0.384. The largest absolute Gasteiger partial charge is 0.357 e. The molecule has 0 aliphatic rings. The Kier molecular flexibility index (Phi) is 4.65. The molecule has 0 fully saturated rings. The lowest BCUT2D eigenvalue weighted by Crippen LogP contribution is -2.23. The van der Waals surface area contributed by atoms with Crippen molar-refractivity contribution >= 4 is 36.6 Å². The monoisotopic (exact) mass is 372 g/mol. The van der Waals surface area contributed by atoms with Gasteiger partial charge in [-0.05, 0) is 74.9 Å². The van der Waals surface area contributed by atoms with E-state index in [1.54, 1.807) is 13.8 Å². The molecule has 0 aromatic heterocycles. The van der Waals surface area contributed by atoms with Gasteiger partial charge in [0.05, 0.1) is 10.6 Å². The van der Waals surface area contributed by atoms with Gasteiger partial charge in [-0.1, -0.05) is 0 Å². The maximum absolute atomic E-state index is 12.1. The minimum Gasteiger partial charge on any atom is -0.321 e. The van der Waals surface area contributed by atoms with Crippen LogP contribution >= 0.6 is 15.2 Å². The Morgan fingerprint density at radius 3 is 0.958 bits per heavy atom. The van der Waals surface area contributed by atoms with Crippen LogP contribution in [0.25, 0.3) is 10.8 Å². The summed E-state index contributed by atoms with van der Waals surface area (Å²) in [5.41, 5.74) is 3.41. The van der Waals surface area contributed by atoms with Gasteiger partial charge in [-0.15, -0.1) is 0 Å². The third-order valence-electron chi connectivity index (χ3n) is 5.02. The molecule has 2 aromatic rings. The molecule has 0 bridgehead atoms. The number of fused-ring (bicyclic) bond motifs is 1. The number of hydrogen-bond acceptors (Lipinski definition) is 2. The van der Waals surface area contributed by atoms with Crippen molar-refractivity contribution in [2.45, 2.75) is 41.5 Å². The minimum atomic E-state index is -4.64. The van der Waals surface area contributed by atoms with Crippen molar-refractivity contribution in [3.63, 3.8) is 0 Å². The van der Waals surface area contributed by atoms with Crippen molar-refractivity contribution in [1.29, 1.82) is 0 Å². The predicted molar refractivity (Wildman–Crippen MR) is 95.7 cm³/mol. The van der Waals surface area contributed by atoms with Gasteiger partial charge in [0.2, 0.25) is 0 Å². The number of hydrogen-bond donors (Lipinski definition) is 4. The molecule has 6 nitrogen and oxygen atoms in total. The quantitative estimate of drug-likeness (QED) is 0.602. The van der Waals surface area contributed by atoms with E-state index in [4.69, 9.17) is 0 Å². The molecule has 0 aliphatic heterocycles. The molecule has 132 valence electrons. The maximum Gasteiger partial charge on any atom is 0.357 e. The smallest absolute Gasteiger partial charge is 0.321 e. The van der Waals surface area contributed by atoms with E-state index in [-0.39, 0.29) is 32.5 Å². The summed E-state index contributed by atoms with van der Waals surface area (Å²) in [7, 11) is -9.27. The summed E-state index contributed by atoms with van der Waals surface area (Å²) < 4.78 is 24.3. The van der Waals surface area contributed by atoms with Crippen LogP contribution in [0.2, 0.25) is 0 Å². The van der Waals surface area contributed by atoms with E-state index in [2.05, 4.69) is 0 Å². The zero-order chi connectivity index (χ0) is 18.8. The van der Waals surface area contributed by atoms with Crippen LogP contribution in [0.3, 0.4) is 0 Å². The van der Waals surface area contributed by atoms with Gasteiger partial charge in [-0.3, -0.25) is 9.13 Å². The Morgan fingerprint density at radius 2 is 0.750 bits per heavy atom. The Hall–Kier alpha value is -1.00. The topological polar surface area (TPSA) is 115 Å². The van der Waals surface area contributed by atoms with Crippen molar-refractivity contribution < 1.29 is 28.7 Å². The van der Waals surface area contributed by atoms with Gasteiger partial charge >= 0.3 is 15.2 Å². The molecule has 0 unspecified atom stereocenters. The van der Waals surface area contributed by atoms with Crippen molar-refractivity contribution in [3.8, 4) is 0 Å². The van der Waals surface area contributed by atoms with Crippen LogP contribution in [0, 0.1) is 41.5 Å². The maximum atomic E-state index is 12.1. The molecule has 0 saturated carbocycles. The molecule has 0 spiro atoms. The fourth-order valence-corrected chi connectivity index (χ4v) is 5.71. The highest BCUT2D eigenvalue weighted by molar-refractivity contribution is 7.62. The predicted octanol–water partition coefficient (Wildman–Crippen LogP) is 2.30. The molecule has 0 saturated heterocycles. The molecule has 2 aromatic carbocycles. The zero-order valence-corrected chi connectivity index (χ0v) is 16.3. The fourth-order valence-electron chi connectivity index (χ4n) is 3.36. The first kappa shape index (κ1) is 19.3. The number of benzene rings is 2. The Morgan fingerprint density at radius 1 is 0.500 bits per heavy atom. The van der Waals surface area contributed by atoms with Crippen LogP contribution in [0.4, 0.5) is 0 Å². The molecule has 0 amide bonds. The molecule has 4 N–H and O–H groups in total. The SMILES string of the molecule is Cc1c(C)c(C)c2c(P(=O)(O)O)c(C)c(C)c(P(=O)(O)O)c2c1C. The average molecular weight is 372 g/mol. The lowest BCUT2D eigenvalue weighted by Gasteiger charge is -2.24. The fraction of sp³-hybridized carbons (Fsp3) is 0.375. The van der Waals surface area contributed by atoms with Crippen molar-refractivity contribution in [2.24, 2.45) is 0 Å². The van der Waals surface area contributed by atoms with Gasteiger partial charge in [0.25, 0.3) is 0 Å². The number of rotatable bonds is 2. The van der Waals surface area contributed by atoms with Crippen LogP contribution in [-0.2, 0) is 9.13 Å². The first-order chi connectivity index (χ1) is 10.7. The second-order valence-corrected chi connectivity index (χ2v) is 9.36. The minimum absolute atomic E-state index is 0.143. The summed E-state index contributed by atoms with van der Waals surface area (Å²) in [5, 5.41) is 0.225. The van der Waals surface area contributed by atoms with E-state index < -0.39 is 15.2 Å². The highest BCUT2D eigenvalue weighted by atomic mass is 31.2. The van der Waals surface area contributed by atoms with Gasteiger partial charge in [0, 0.05) is 10.8 Å². The van der Waals surface area contributed by atoms with Crippen molar-refractivity contribution in [3.05, 3.63) is 33.4 Å². The highest BCUT2D eigenvalue weighted by Gasteiger charge is 2.34. The third-order valence-corrected chi connectivity index (χ3v) is 7.30. The van der Waals surface area contributed by atoms with Crippen LogP contribution in [0.5, 0.6) is 0 Å².